The van der Waals surface area contributed by atoms with Gasteiger partial charge in [-0.1, -0.05) is 20.8 Å². The van der Waals surface area contributed by atoms with E-state index in [9.17, 15) is 9.59 Å². The van der Waals surface area contributed by atoms with Gasteiger partial charge in [-0.2, -0.15) is 0 Å². The first-order chi connectivity index (χ1) is 8.87. The van der Waals surface area contributed by atoms with Crippen molar-refractivity contribution < 1.29 is 14.7 Å². The van der Waals surface area contributed by atoms with E-state index in [1.54, 1.807) is 0 Å². The van der Waals surface area contributed by atoms with E-state index in [0.29, 0.717) is 12.5 Å². The van der Waals surface area contributed by atoms with Gasteiger partial charge in [-0.25, -0.2) is 0 Å². The van der Waals surface area contributed by atoms with Crippen molar-refractivity contribution >= 4 is 11.9 Å². The Morgan fingerprint density at radius 3 is 2.53 bits per heavy atom. The summed E-state index contributed by atoms with van der Waals surface area (Å²) in [4.78, 5) is 25.5. The summed E-state index contributed by atoms with van der Waals surface area (Å²) in [6.45, 7) is 9.71. The Morgan fingerprint density at radius 1 is 1.37 bits per heavy atom. The van der Waals surface area contributed by atoms with E-state index >= 15 is 0 Å². The highest BCUT2D eigenvalue weighted by molar-refractivity contribution is 5.91. The molecule has 2 fully saturated rings. The molecule has 0 aromatic heterocycles. The number of rotatable bonds is 5. The molecule has 0 bridgehead atoms. The lowest BCUT2D eigenvalue weighted by Crippen LogP contribution is -2.33. The Morgan fingerprint density at radius 2 is 2.05 bits per heavy atom. The van der Waals surface area contributed by atoms with E-state index in [1.807, 2.05) is 13.8 Å². The van der Waals surface area contributed by atoms with Crippen LogP contribution in [-0.4, -0.2) is 48.1 Å². The highest BCUT2D eigenvalue weighted by Crippen LogP contribution is 2.58. The van der Waals surface area contributed by atoms with Gasteiger partial charge in [0.25, 0.3) is 0 Å². The van der Waals surface area contributed by atoms with Crippen molar-refractivity contribution in [2.45, 2.75) is 27.2 Å². The average molecular weight is 268 g/mol. The van der Waals surface area contributed by atoms with Crippen LogP contribution in [0, 0.1) is 23.2 Å². The summed E-state index contributed by atoms with van der Waals surface area (Å²) in [5, 5.41) is 12.0. The summed E-state index contributed by atoms with van der Waals surface area (Å²) < 4.78 is 0. The Labute approximate surface area is 114 Å². The molecule has 5 nitrogen and oxygen atoms in total. The Balaban J connectivity index is 1.79. The monoisotopic (exact) mass is 268 g/mol. The Hall–Kier alpha value is -1.10. The molecule has 1 saturated heterocycles. The summed E-state index contributed by atoms with van der Waals surface area (Å²) in [6, 6.07) is 0. The predicted molar refractivity (Wildman–Crippen MR) is 71.6 cm³/mol. The van der Waals surface area contributed by atoms with Crippen LogP contribution in [0.4, 0.5) is 0 Å². The molecule has 19 heavy (non-hydrogen) atoms. The molecule has 1 saturated carbocycles. The van der Waals surface area contributed by atoms with E-state index in [1.165, 1.54) is 0 Å². The van der Waals surface area contributed by atoms with Crippen LogP contribution in [-0.2, 0) is 9.59 Å². The second-order valence-electron chi connectivity index (χ2n) is 6.41. The molecule has 0 spiro atoms. The SMILES string of the molecule is CCN1CCC(CNC(=O)C2C(C(=O)O)C2(C)C)C1. The first-order valence-corrected chi connectivity index (χ1v) is 7.10. The molecule has 0 radical (unpaired) electrons. The van der Waals surface area contributed by atoms with Crippen molar-refractivity contribution in [3.05, 3.63) is 0 Å². The molecular weight excluding hydrogens is 244 g/mol. The normalized spacial score (nSPS) is 33.1. The average Bonchev–Trinajstić information content (AvgIpc) is 2.73. The number of carbonyl (C=O) groups excluding carboxylic acids is 1. The fourth-order valence-corrected chi connectivity index (χ4v) is 3.31. The molecule has 1 aliphatic carbocycles. The molecule has 0 aromatic carbocycles. The number of nitrogens with one attached hydrogen (secondary N) is 1. The smallest absolute Gasteiger partial charge is 0.307 e. The first-order valence-electron chi connectivity index (χ1n) is 7.10. The number of hydrogen-bond acceptors (Lipinski definition) is 3. The van der Waals surface area contributed by atoms with Crippen LogP contribution in [0.25, 0.3) is 0 Å². The minimum absolute atomic E-state index is 0.0904. The minimum atomic E-state index is -0.858. The molecule has 1 amide bonds. The summed E-state index contributed by atoms with van der Waals surface area (Å²) in [6.07, 6.45) is 1.12. The van der Waals surface area contributed by atoms with Crippen LogP contribution in [0.1, 0.15) is 27.2 Å². The third kappa shape index (κ3) is 2.76. The molecule has 2 rings (SSSR count). The summed E-state index contributed by atoms with van der Waals surface area (Å²) in [5.41, 5.74) is -0.402. The number of likely N-dealkylation sites (tertiary alicyclic amines) is 1. The summed E-state index contributed by atoms with van der Waals surface area (Å²) in [5.74, 6) is -1.33. The van der Waals surface area contributed by atoms with Crippen LogP contribution < -0.4 is 5.32 Å². The van der Waals surface area contributed by atoms with Crippen molar-refractivity contribution in [1.29, 1.82) is 0 Å². The van der Waals surface area contributed by atoms with Gasteiger partial charge in [0.1, 0.15) is 0 Å². The molecule has 3 unspecified atom stereocenters. The second kappa shape index (κ2) is 5.12. The van der Waals surface area contributed by atoms with Gasteiger partial charge in [-0.3, -0.25) is 9.59 Å². The van der Waals surface area contributed by atoms with E-state index in [2.05, 4.69) is 17.1 Å². The van der Waals surface area contributed by atoms with Gasteiger partial charge < -0.3 is 15.3 Å². The van der Waals surface area contributed by atoms with Gasteiger partial charge in [-0.05, 0) is 30.8 Å². The van der Waals surface area contributed by atoms with Crippen molar-refractivity contribution in [1.82, 2.24) is 10.2 Å². The van der Waals surface area contributed by atoms with Crippen LogP contribution in [0.3, 0.4) is 0 Å². The molecule has 1 aliphatic heterocycles. The largest absolute Gasteiger partial charge is 0.481 e. The second-order valence-corrected chi connectivity index (χ2v) is 6.41. The molecule has 5 heteroatoms. The van der Waals surface area contributed by atoms with Gasteiger partial charge in [-0.15, -0.1) is 0 Å². The van der Waals surface area contributed by atoms with Crippen LogP contribution >= 0.6 is 0 Å². The predicted octanol–water partition coefficient (Wildman–Crippen LogP) is 0.801. The third-order valence-corrected chi connectivity index (χ3v) is 4.76. The van der Waals surface area contributed by atoms with E-state index in [0.717, 1.165) is 26.1 Å². The molecular formula is C14H24N2O3. The molecule has 3 atom stereocenters. The van der Waals surface area contributed by atoms with Crippen LogP contribution in [0.5, 0.6) is 0 Å². The van der Waals surface area contributed by atoms with Crippen molar-refractivity contribution in [2.24, 2.45) is 23.2 Å². The molecule has 108 valence electrons. The van der Waals surface area contributed by atoms with Crippen LogP contribution in [0.15, 0.2) is 0 Å². The lowest BCUT2D eigenvalue weighted by Gasteiger charge is -2.14. The third-order valence-electron chi connectivity index (χ3n) is 4.76. The number of aliphatic carboxylic acids is 1. The van der Waals surface area contributed by atoms with Crippen molar-refractivity contribution in [2.75, 3.05) is 26.2 Å². The van der Waals surface area contributed by atoms with Gasteiger partial charge in [0.2, 0.25) is 5.91 Å². The van der Waals surface area contributed by atoms with Crippen molar-refractivity contribution in [3.63, 3.8) is 0 Å². The van der Waals surface area contributed by atoms with Gasteiger partial charge in [0.15, 0.2) is 0 Å². The lowest BCUT2D eigenvalue weighted by molar-refractivity contribution is -0.140. The number of carboxylic acid groups (broad SMARTS) is 1. The zero-order valence-electron chi connectivity index (χ0n) is 12.0. The fraction of sp³-hybridized carbons (Fsp3) is 0.857. The number of amides is 1. The quantitative estimate of drug-likeness (QED) is 0.774. The number of nitrogens with zero attached hydrogens (tertiary/aromatic N) is 1. The highest BCUT2D eigenvalue weighted by atomic mass is 16.4. The standard InChI is InChI=1S/C14H24N2O3/c1-4-16-6-5-9(8-16)7-15-12(17)10-11(13(18)19)14(10,2)3/h9-11H,4-8H2,1-3H3,(H,15,17)(H,18,19). The number of carbonyl (C=O) groups is 2. The van der Waals surface area contributed by atoms with Crippen LogP contribution in [0.2, 0.25) is 0 Å². The molecule has 1 heterocycles. The molecule has 2 aliphatic rings. The minimum Gasteiger partial charge on any atom is -0.481 e. The Kier molecular flexibility index (Phi) is 3.85. The maximum Gasteiger partial charge on any atom is 0.307 e. The number of hydrogen-bond donors (Lipinski definition) is 2. The zero-order chi connectivity index (χ0) is 14.2. The summed E-state index contributed by atoms with van der Waals surface area (Å²) >= 11 is 0. The topological polar surface area (TPSA) is 69.6 Å². The Bertz CT molecular complexity index is 381. The maximum absolute atomic E-state index is 12.1. The highest BCUT2D eigenvalue weighted by Gasteiger charge is 2.65. The van der Waals surface area contributed by atoms with Gasteiger partial charge in [0.05, 0.1) is 11.8 Å². The van der Waals surface area contributed by atoms with E-state index in [-0.39, 0.29) is 11.8 Å². The van der Waals surface area contributed by atoms with Gasteiger partial charge in [0, 0.05) is 13.1 Å². The van der Waals surface area contributed by atoms with Gasteiger partial charge >= 0.3 is 5.97 Å². The molecule has 2 N–H and O–H groups in total. The fourth-order valence-electron chi connectivity index (χ4n) is 3.31. The first kappa shape index (κ1) is 14.3. The van der Waals surface area contributed by atoms with E-state index in [4.69, 9.17) is 5.11 Å². The van der Waals surface area contributed by atoms with E-state index < -0.39 is 17.3 Å². The zero-order valence-corrected chi connectivity index (χ0v) is 12.0. The lowest BCUT2D eigenvalue weighted by atomic mass is 10.1. The summed E-state index contributed by atoms with van der Waals surface area (Å²) in [7, 11) is 0. The molecule has 0 aromatic rings. The number of carboxylic acids is 1. The van der Waals surface area contributed by atoms with Crippen molar-refractivity contribution in [3.8, 4) is 0 Å². The maximum atomic E-state index is 12.1.